The molecule has 11 heteroatoms. The van der Waals surface area contributed by atoms with Crippen molar-refractivity contribution in [1.82, 2.24) is 10.2 Å². The molecule has 8 unspecified atom stereocenters. The summed E-state index contributed by atoms with van der Waals surface area (Å²) in [4.78, 5) is 1.78. The molecule has 5 aliphatic rings. The minimum atomic E-state index is -4.46. The number of likely N-dealkylation sites (N-methyl/N-ethyl adjacent to an activating group) is 1. The molecule has 0 aromatic carbocycles. The van der Waals surface area contributed by atoms with E-state index in [0.717, 1.165) is 31.6 Å². The lowest BCUT2D eigenvalue weighted by molar-refractivity contribution is -0.973. The van der Waals surface area contributed by atoms with Gasteiger partial charge in [-0.25, -0.2) is 0 Å². The van der Waals surface area contributed by atoms with Crippen LogP contribution >= 0.6 is 0 Å². The van der Waals surface area contributed by atoms with E-state index >= 15 is 0 Å². The van der Waals surface area contributed by atoms with Crippen LogP contribution < -0.4 is 11.1 Å². The van der Waals surface area contributed by atoms with Gasteiger partial charge in [0.25, 0.3) is 0 Å². The summed E-state index contributed by atoms with van der Waals surface area (Å²) in [5, 5.41) is 36.2. The van der Waals surface area contributed by atoms with Gasteiger partial charge in [0.2, 0.25) is 6.23 Å². The van der Waals surface area contributed by atoms with Crippen LogP contribution in [-0.4, -0.2) is 101 Å². The fourth-order valence-electron chi connectivity index (χ4n) is 7.81. The van der Waals surface area contributed by atoms with Crippen LogP contribution in [0, 0.1) is 29.6 Å². The second-order valence-electron chi connectivity index (χ2n) is 11.6. The third-order valence-electron chi connectivity index (χ3n) is 9.97. The largest absolute Gasteiger partial charge is 0.397 e. The molecule has 13 atom stereocenters. The summed E-state index contributed by atoms with van der Waals surface area (Å²) in [7, 11) is 1.64. The first kappa shape index (κ1) is 25.1. The normalized spacial score (nSPS) is 52.7. The predicted molar refractivity (Wildman–Crippen MR) is 116 cm³/mol. The number of quaternary nitrogens is 1. The van der Waals surface area contributed by atoms with Crippen molar-refractivity contribution >= 4 is 0 Å². The molecule has 0 radical (unpaired) electrons. The SMILES string of the molecule is CCN1CNC2C(C1N)C(C(F)(F)F)C[N+]2(C)[C@@H]1O[C@H]([C@H](O)C2CCC3CCC3C2)[C@@H](O)[C@H]1O. The summed E-state index contributed by atoms with van der Waals surface area (Å²) in [5.41, 5.74) is 6.33. The molecule has 34 heavy (non-hydrogen) atoms. The Morgan fingerprint density at radius 2 is 1.82 bits per heavy atom. The van der Waals surface area contributed by atoms with E-state index in [0.29, 0.717) is 19.1 Å². The van der Waals surface area contributed by atoms with E-state index in [1.165, 1.54) is 6.42 Å². The van der Waals surface area contributed by atoms with Crippen LogP contribution in [0.1, 0.15) is 39.0 Å². The Labute approximate surface area is 198 Å². The van der Waals surface area contributed by atoms with Gasteiger partial charge in [0.15, 0.2) is 12.3 Å². The number of fused-ring (bicyclic) bond motifs is 2. The third-order valence-corrected chi connectivity index (χ3v) is 9.97. The van der Waals surface area contributed by atoms with E-state index in [-0.39, 0.29) is 16.9 Å². The highest BCUT2D eigenvalue weighted by Crippen LogP contribution is 2.51. The molecule has 0 bridgehead atoms. The van der Waals surface area contributed by atoms with Gasteiger partial charge in [0.1, 0.15) is 18.1 Å². The molecule has 0 aromatic heterocycles. The van der Waals surface area contributed by atoms with Crippen molar-refractivity contribution in [2.24, 2.45) is 35.3 Å². The standard InChI is InChI=1S/C23H40F3N4O4/c1-3-29-10-28-21-15(20(29)27)14(23(24,25)26)9-30(21,2)22-18(33)17(32)19(34-22)16(31)13-7-5-11-4-6-12(11)8-13/h11-22,28,31-33H,3-10,27H2,1-2H3/q+1/t11?,12?,13?,14?,15?,16-,17+,18-,19-,20?,21?,22-,30?/m1/s1. The van der Waals surface area contributed by atoms with Gasteiger partial charge in [-0.1, -0.05) is 6.92 Å². The summed E-state index contributed by atoms with van der Waals surface area (Å²) in [6.07, 6.45) is -6.64. The lowest BCUT2D eigenvalue weighted by Crippen LogP contribution is -2.71. The highest BCUT2D eigenvalue weighted by Gasteiger charge is 2.69. The molecule has 0 amide bonds. The first-order valence-electron chi connectivity index (χ1n) is 12.8. The van der Waals surface area contributed by atoms with E-state index in [1.807, 2.05) is 6.92 Å². The summed E-state index contributed by atoms with van der Waals surface area (Å²) in [5.74, 6) is -1.31. The third kappa shape index (κ3) is 3.82. The molecule has 196 valence electrons. The second-order valence-corrected chi connectivity index (χ2v) is 11.6. The average Bonchev–Trinajstić information content (AvgIpc) is 3.24. The molecular formula is C23H40F3N4O4+. The van der Waals surface area contributed by atoms with Crippen LogP contribution in [0.5, 0.6) is 0 Å². The summed E-state index contributed by atoms with van der Waals surface area (Å²) < 4.78 is 48.3. The van der Waals surface area contributed by atoms with Crippen molar-refractivity contribution in [2.75, 3.05) is 26.8 Å². The summed E-state index contributed by atoms with van der Waals surface area (Å²) in [6.45, 7) is 2.39. The van der Waals surface area contributed by atoms with Crippen molar-refractivity contribution < 1.29 is 37.7 Å². The highest BCUT2D eigenvalue weighted by atomic mass is 19.4. The number of aliphatic hydroxyl groups is 3. The maximum absolute atomic E-state index is 14.2. The van der Waals surface area contributed by atoms with Crippen LogP contribution in [0.2, 0.25) is 0 Å². The molecule has 0 aromatic rings. The average molecular weight is 494 g/mol. The molecule has 3 aliphatic heterocycles. The Hall–Kier alpha value is -0.530. The number of nitrogens with two attached hydrogens (primary N) is 1. The number of halogens is 3. The number of nitrogens with zero attached hydrogens (tertiary/aromatic N) is 2. The van der Waals surface area contributed by atoms with Gasteiger partial charge in [-0.3, -0.25) is 14.7 Å². The molecule has 5 rings (SSSR count). The Morgan fingerprint density at radius 3 is 2.41 bits per heavy atom. The van der Waals surface area contributed by atoms with E-state index < -0.39 is 61.0 Å². The van der Waals surface area contributed by atoms with Crippen molar-refractivity contribution in [3.05, 3.63) is 0 Å². The van der Waals surface area contributed by atoms with Crippen LogP contribution in [-0.2, 0) is 4.74 Å². The van der Waals surface area contributed by atoms with E-state index in [1.54, 1.807) is 11.9 Å². The molecule has 0 spiro atoms. The van der Waals surface area contributed by atoms with Gasteiger partial charge in [-0.2, -0.15) is 13.2 Å². The number of hydrogen-bond acceptors (Lipinski definition) is 7. The molecule has 2 saturated carbocycles. The smallest absolute Gasteiger partial charge is 0.390 e. The van der Waals surface area contributed by atoms with Gasteiger partial charge >= 0.3 is 6.18 Å². The van der Waals surface area contributed by atoms with Crippen LogP contribution in [0.4, 0.5) is 13.2 Å². The van der Waals surface area contributed by atoms with Crippen molar-refractivity contribution in [2.45, 2.75) is 88.2 Å². The Kier molecular flexibility index (Phi) is 6.50. The Morgan fingerprint density at radius 1 is 1.15 bits per heavy atom. The van der Waals surface area contributed by atoms with Crippen LogP contribution in [0.3, 0.4) is 0 Å². The molecule has 2 aliphatic carbocycles. The number of rotatable bonds is 4. The molecule has 3 heterocycles. The van der Waals surface area contributed by atoms with Crippen LogP contribution in [0.25, 0.3) is 0 Å². The quantitative estimate of drug-likeness (QED) is 0.360. The fourth-order valence-corrected chi connectivity index (χ4v) is 7.81. The lowest BCUT2D eigenvalue weighted by Gasteiger charge is -2.48. The van der Waals surface area contributed by atoms with Gasteiger partial charge in [-0.15, -0.1) is 0 Å². The zero-order valence-electron chi connectivity index (χ0n) is 19.9. The zero-order valence-corrected chi connectivity index (χ0v) is 19.9. The zero-order chi connectivity index (χ0) is 24.6. The van der Waals surface area contributed by atoms with Crippen molar-refractivity contribution in [1.29, 1.82) is 0 Å². The molecule has 6 N–H and O–H groups in total. The monoisotopic (exact) mass is 493 g/mol. The number of likely N-dealkylation sites (tertiary alicyclic amines) is 1. The highest BCUT2D eigenvalue weighted by molar-refractivity contribution is 5.01. The number of nitrogens with one attached hydrogen (secondary N) is 1. The number of alkyl halides is 3. The molecule has 8 nitrogen and oxygen atoms in total. The Balaban J connectivity index is 1.37. The van der Waals surface area contributed by atoms with Crippen LogP contribution in [0.15, 0.2) is 0 Å². The van der Waals surface area contributed by atoms with Crippen molar-refractivity contribution in [3.63, 3.8) is 0 Å². The first-order chi connectivity index (χ1) is 16.0. The van der Waals surface area contributed by atoms with E-state index in [4.69, 9.17) is 10.5 Å². The molecule has 5 fully saturated rings. The summed E-state index contributed by atoms with van der Waals surface area (Å²) >= 11 is 0. The molecule has 3 saturated heterocycles. The number of hydrogen-bond donors (Lipinski definition) is 5. The minimum absolute atomic E-state index is 0.0361. The Bertz CT molecular complexity index is 762. The predicted octanol–water partition coefficient (Wildman–Crippen LogP) is 0.369. The maximum Gasteiger partial charge on any atom is 0.397 e. The van der Waals surface area contributed by atoms with Gasteiger partial charge in [-0.05, 0) is 56.4 Å². The number of ether oxygens (including phenoxy) is 1. The van der Waals surface area contributed by atoms with E-state index in [2.05, 4.69) is 5.32 Å². The second kappa shape index (κ2) is 8.79. The van der Waals surface area contributed by atoms with Gasteiger partial charge in [0, 0.05) is 0 Å². The molecular weight excluding hydrogens is 453 g/mol. The van der Waals surface area contributed by atoms with Gasteiger partial charge in [0.05, 0.1) is 38.4 Å². The lowest BCUT2D eigenvalue weighted by atomic mass is 9.61. The maximum atomic E-state index is 14.2. The number of aliphatic hydroxyl groups excluding tert-OH is 3. The fraction of sp³-hybridized carbons (Fsp3) is 1.00. The summed E-state index contributed by atoms with van der Waals surface area (Å²) in [6, 6.07) is 0. The van der Waals surface area contributed by atoms with Gasteiger partial charge < -0.3 is 25.8 Å². The van der Waals surface area contributed by atoms with E-state index in [9.17, 15) is 28.5 Å². The minimum Gasteiger partial charge on any atom is -0.390 e. The topological polar surface area (TPSA) is 111 Å². The van der Waals surface area contributed by atoms with Crippen molar-refractivity contribution in [3.8, 4) is 0 Å². The first-order valence-corrected chi connectivity index (χ1v) is 12.8.